The van der Waals surface area contributed by atoms with Crippen LogP contribution in [0.5, 0.6) is 0 Å². The van der Waals surface area contributed by atoms with E-state index >= 15 is 0 Å². The summed E-state index contributed by atoms with van der Waals surface area (Å²) >= 11 is 0. The third-order valence-corrected chi connectivity index (χ3v) is 3.82. The predicted octanol–water partition coefficient (Wildman–Crippen LogP) is 5.76. The van der Waals surface area contributed by atoms with Gasteiger partial charge in [0.05, 0.1) is 5.76 Å². The average Bonchev–Trinajstić information content (AvgIpc) is 2.30. The van der Waals surface area contributed by atoms with Crippen molar-refractivity contribution in [3.63, 3.8) is 0 Å². The van der Waals surface area contributed by atoms with Crippen molar-refractivity contribution >= 4 is 0 Å². The summed E-state index contributed by atoms with van der Waals surface area (Å²) in [5.41, 5.74) is 0. The van der Waals surface area contributed by atoms with Gasteiger partial charge >= 0.3 is 0 Å². The minimum absolute atomic E-state index is 0.556. The van der Waals surface area contributed by atoms with E-state index in [4.69, 9.17) is 0 Å². The van der Waals surface area contributed by atoms with Gasteiger partial charge in [-0.05, 0) is 24.8 Å². The minimum Gasteiger partial charge on any atom is -0.513 e. The van der Waals surface area contributed by atoms with E-state index in [0.29, 0.717) is 11.7 Å². The fourth-order valence-corrected chi connectivity index (χ4v) is 2.68. The van der Waals surface area contributed by atoms with Crippen molar-refractivity contribution in [1.82, 2.24) is 0 Å². The Bertz CT molecular complexity index is 208. The standard InChI is InChI=1S/C16H30O/c1-15-12-10-8-6-4-2-3-5-7-9-11-13-16(17)14-15/h14-15,17H,2-13H2,1H3. The molecule has 1 nitrogen and oxygen atoms in total. The van der Waals surface area contributed by atoms with Crippen LogP contribution in [0, 0.1) is 5.92 Å². The van der Waals surface area contributed by atoms with Crippen LogP contribution in [0.1, 0.15) is 84.0 Å². The maximum Gasteiger partial charge on any atom is 0.0885 e. The van der Waals surface area contributed by atoms with Crippen LogP contribution in [0.4, 0.5) is 0 Å². The third kappa shape index (κ3) is 8.29. The van der Waals surface area contributed by atoms with E-state index in [-0.39, 0.29) is 0 Å². The molecule has 0 heterocycles. The Morgan fingerprint density at radius 3 is 1.88 bits per heavy atom. The van der Waals surface area contributed by atoms with Crippen LogP contribution in [0.3, 0.4) is 0 Å². The van der Waals surface area contributed by atoms with Crippen LogP contribution in [0.25, 0.3) is 0 Å². The Labute approximate surface area is 107 Å². The topological polar surface area (TPSA) is 20.2 Å². The Morgan fingerprint density at radius 1 is 0.824 bits per heavy atom. The zero-order valence-electron chi connectivity index (χ0n) is 11.6. The van der Waals surface area contributed by atoms with Gasteiger partial charge in [0.2, 0.25) is 0 Å². The molecular weight excluding hydrogens is 208 g/mol. The molecule has 0 fully saturated rings. The van der Waals surface area contributed by atoms with Crippen molar-refractivity contribution in [2.75, 3.05) is 0 Å². The van der Waals surface area contributed by atoms with E-state index in [2.05, 4.69) is 13.0 Å². The maximum atomic E-state index is 9.81. The molecule has 0 aromatic rings. The monoisotopic (exact) mass is 238 g/mol. The van der Waals surface area contributed by atoms with E-state index in [1.54, 1.807) is 0 Å². The fraction of sp³-hybridized carbons (Fsp3) is 0.875. The Morgan fingerprint density at radius 2 is 1.29 bits per heavy atom. The molecule has 1 atom stereocenters. The molecule has 0 radical (unpaired) electrons. The van der Waals surface area contributed by atoms with Crippen LogP contribution < -0.4 is 0 Å². The fourth-order valence-electron chi connectivity index (χ4n) is 2.68. The third-order valence-electron chi connectivity index (χ3n) is 3.82. The van der Waals surface area contributed by atoms with Crippen molar-refractivity contribution in [1.29, 1.82) is 0 Å². The molecule has 0 saturated carbocycles. The summed E-state index contributed by atoms with van der Waals surface area (Å²) in [6.45, 7) is 2.23. The van der Waals surface area contributed by atoms with Crippen LogP contribution >= 0.6 is 0 Å². The molecule has 0 aromatic carbocycles. The first-order chi connectivity index (χ1) is 8.29. The molecule has 0 aliphatic heterocycles. The van der Waals surface area contributed by atoms with Crippen LogP contribution in [0.15, 0.2) is 11.8 Å². The van der Waals surface area contributed by atoms with E-state index in [1.165, 1.54) is 64.2 Å². The molecule has 1 aliphatic rings. The van der Waals surface area contributed by atoms with Gasteiger partial charge in [-0.2, -0.15) is 0 Å². The largest absolute Gasteiger partial charge is 0.513 e. The molecule has 1 heteroatoms. The van der Waals surface area contributed by atoms with Gasteiger partial charge in [0, 0.05) is 6.42 Å². The van der Waals surface area contributed by atoms with Crippen LogP contribution in [0.2, 0.25) is 0 Å². The maximum absolute atomic E-state index is 9.81. The zero-order chi connectivity index (χ0) is 12.3. The van der Waals surface area contributed by atoms with Gasteiger partial charge in [0.15, 0.2) is 0 Å². The second-order valence-electron chi connectivity index (χ2n) is 5.71. The summed E-state index contributed by atoms with van der Waals surface area (Å²) in [6.07, 6.45) is 17.8. The Balaban J connectivity index is 2.30. The van der Waals surface area contributed by atoms with Gasteiger partial charge in [-0.3, -0.25) is 0 Å². The highest BCUT2D eigenvalue weighted by Crippen LogP contribution is 2.18. The van der Waals surface area contributed by atoms with E-state index in [9.17, 15) is 5.11 Å². The molecule has 0 amide bonds. The highest BCUT2D eigenvalue weighted by Gasteiger charge is 2.02. The molecule has 1 N–H and O–H groups in total. The van der Waals surface area contributed by atoms with Gasteiger partial charge in [-0.1, -0.05) is 64.7 Å². The van der Waals surface area contributed by atoms with Gasteiger partial charge in [0.1, 0.15) is 0 Å². The number of aliphatic hydroxyl groups is 1. The second-order valence-corrected chi connectivity index (χ2v) is 5.71. The Hall–Kier alpha value is -0.460. The molecule has 1 rings (SSSR count). The van der Waals surface area contributed by atoms with E-state index in [1.807, 2.05) is 0 Å². The molecule has 0 aromatic heterocycles. The van der Waals surface area contributed by atoms with Crippen molar-refractivity contribution in [2.24, 2.45) is 5.92 Å². The quantitative estimate of drug-likeness (QED) is 0.569. The lowest BCUT2D eigenvalue weighted by Crippen LogP contribution is -1.93. The van der Waals surface area contributed by atoms with Crippen LogP contribution in [-0.4, -0.2) is 5.11 Å². The summed E-state index contributed by atoms with van der Waals surface area (Å²) in [4.78, 5) is 0. The van der Waals surface area contributed by atoms with Crippen molar-refractivity contribution in [2.45, 2.75) is 84.0 Å². The molecule has 1 aliphatic carbocycles. The second kappa shape index (κ2) is 9.56. The van der Waals surface area contributed by atoms with Gasteiger partial charge in [-0.25, -0.2) is 0 Å². The lowest BCUT2D eigenvalue weighted by molar-refractivity contribution is 0.371. The summed E-state index contributed by atoms with van der Waals surface area (Å²) in [5.74, 6) is 1.19. The number of rotatable bonds is 0. The lowest BCUT2D eigenvalue weighted by atomic mass is 10.0. The zero-order valence-corrected chi connectivity index (χ0v) is 11.6. The minimum atomic E-state index is 0.556. The van der Waals surface area contributed by atoms with Crippen molar-refractivity contribution in [3.8, 4) is 0 Å². The molecule has 0 saturated heterocycles. The first-order valence-electron chi connectivity index (χ1n) is 7.68. The van der Waals surface area contributed by atoms with E-state index in [0.717, 1.165) is 12.8 Å². The summed E-state index contributed by atoms with van der Waals surface area (Å²) in [6, 6.07) is 0. The SMILES string of the molecule is CC1C=C(O)CCCCCCCCCCCC1. The number of hydrogen-bond acceptors (Lipinski definition) is 1. The van der Waals surface area contributed by atoms with Gasteiger partial charge in [-0.15, -0.1) is 0 Å². The first-order valence-corrected chi connectivity index (χ1v) is 7.68. The average molecular weight is 238 g/mol. The molecule has 100 valence electrons. The van der Waals surface area contributed by atoms with Crippen LogP contribution in [-0.2, 0) is 0 Å². The number of allylic oxidation sites excluding steroid dienone is 2. The normalized spacial score (nSPS) is 26.6. The smallest absolute Gasteiger partial charge is 0.0885 e. The highest BCUT2D eigenvalue weighted by molar-refractivity contribution is 4.93. The summed E-state index contributed by atoms with van der Waals surface area (Å²) in [7, 11) is 0. The van der Waals surface area contributed by atoms with E-state index < -0.39 is 0 Å². The molecule has 0 spiro atoms. The van der Waals surface area contributed by atoms with Crippen molar-refractivity contribution < 1.29 is 5.11 Å². The van der Waals surface area contributed by atoms with Crippen molar-refractivity contribution in [3.05, 3.63) is 11.8 Å². The van der Waals surface area contributed by atoms with Gasteiger partial charge in [0.25, 0.3) is 0 Å². The molecular formula is C16H30O. The molecule has 1 unspecified atom stereocenters. The predicted molar refractivity (Wildman–Crippen MR) is 75.3 cm³/mol. The lowest BCUT2D eigenvalue weighted by Gasteiger charge is -2.07. The highest BCUT2D eigenvalue weighted by atomic mass is 16.3. The number of hydrogen-bond donors (Lipinski definition) is 1. The molecule has 0 bridgehead atoms. The number of aliphatic hydroxyl groups excluding tert-OH is 1. The molecule has 17 heavy (non-hydrogen) atoms. The summed E-state index contributed by atoms with van der Waals surface area (Å²) in [5, 5.41) is 9.81. The summed E-state index contributed by atoms with van der Waals surface area (Å²) < 4.78 is 0. The first kappa shape index (κ1) is 14.6. The Kier molecular flexibility index (Phi) is 8.21. The van der Waals surface area contributed by atoms with Gasteiger partial charge < -0.3 is 5.11 Å².